The highest BCUT2D eigenvalue weighted by Gasteiger charge is 2.50. The van der Waals surface area contributed by atoms with Crippen LogP contribution in [0.5, 0.6) is 0 Å². The summed E-state index contributed by atoms with van der Waals surface area (Å²) in [5.74, 6) is -2.28. The highest BCUT2D eigenvalue weighted by atomic mass is 79.9. The Morgan fingerprint density at radius 1 is 0.616 bits per heavy atom. The number of aryl methyl sites for hydroxylation is 1. The van der Waals surface area contributed by atoms with Crippen LogP contribution in [0.3, 0.4) is 0 Å². The molecule has 0 spiro atoms. The van der Waals surface area contributed by atoms with Gasteiger partial charge in [0.1, 0.15) is 23.7 Å². The Balaban J connectivity index is 1.26. The molecule has 0 radical (unpaired) electrons. The molecule has 5 atom stereocenters. The minimum atomic E-state index is -1.08. The van der Waals surface area contributed by atoms with Crippen LogP contribution in [0.1, 0.15) is 71.4 Å². The number of ketones is 1. The second-order valence-electron chi connectivity index (χ2n) is 19.5. The van der Waals surface area contributed by atoms with E-state index in [-0.39, 0.29) is 86.1 Å². The summed E-state index contributed by atoms with van der Waals surface area (Å²) in [5.41, 5.74) is 0.812. The van der Waals surface area contributed by atoms with Crippen LogP contribution < -0.4 is 26.6 Å². The van der Waals surface area contributed by atoms with Crippen molar-refractivity contribution in [3.8, 4) is 0 Å². The number of epoxide rings is 1. The largest absolute Gasteiger partial charge is 0.379 e. The molecule has 0 aliphatic carbocycles. The Kier molecular flexibility index (Phi) is 27.6. The number of amides is 6. The minimum absolute atomic E-state index is 0.00947. The van der Waals surface area contributed by atoms with Crippen LogP contribution in [0.4, 0.5) is 0 Å². The summed E-state index contributed by atoms with van der Waals surface area (Å²) < 4.78 is 27.4. The molecule has 2 aromatic carbocycles. The molecular formula is C53H80BrN7O12. The Labute approximate surface area is 439 Å². The molecule has 2 aliphatic heterocycles. The van der Waals surface area contributed by atoms with Crippen LogP contribution in [-0.4, -0.2) is 185 Å². The maximum Gasteiger partial charge on any atom is 0.243 e. The van der Waals surface area contributed by atoms with Crippen molar-refractivity contribution in [2.75, 3.05) is 104 Å². The highest BCUT2D eigenvalue weighted by Crippen LogP contribution is 2.30. The van der Waals surface area contributed by atoms with Gasteiger partial charge in [-0.1, -0.05) is 104 Å². The van der Waals surface area contributed by atoms with Gasteiger partial charge < -0.3 is 55.2 Å². The third-order valence-corrected chi connectivity index (χ3v) is 12.8. The summed E-state index contributed by atoms with van der Waals surface area (Å²) in [6.45, 7) is 15.0. The number of hydrogen-bond donors (Lipinski definition) is 5. The number of alkyl halides is 1. The van der Waals surface area contributed by atoms with E-state index >= 15 is 0 Å². The molecular weight excluding hydrogens is 1010 g/mol. The first-order chi connectivity index (χ1) is 35.1. The summed E-state index contributed by atoms with van der Waals surface area (Å²) >= 11 is 3.08. The van der Waals surface area contributed by atoms with E-state index in [0.717, 1.165) is 11.1 Å². The molecule has 2 aromatic rings. The second kappa shape index (κ2) is 33.2. The number of carbonyl (C=O) groups is 7. The summed E-state index contributed by atoms with van der Waals surface area (Å²) in [6, 6.07) is 14.9. The number of nitrogens with zero attached hydrogens (tertiary/aromatic N) is 2. The lowest BCUT2D eigenvalue weighted by atomic mass is 9.93. The first-order valence-electron chi connectivity index (χ1n) is 25.7. The van der Waals surface area contributed by atoms with Gasteiger partial charge in [0.05, 0.1) is 83.8 Å². The molecule has 20 heteroatoms. The fourth-order valence-electron chi connectivity index (χ4n) is 8.11. The van der Waals surface area contributed by atoms with Gasteiger partial charge >= 0.3 is 0 Å². The molecule has 2 heterocycles. The van der Waals surface area contributed by atoms with Crippen LogP contribution in [0.15, 0.2) is 60.7 Å². The van der Waals surface area contributed by atoms with E-state index in [1.54, 1.807) is 11.8 Å². The molecule has 2 saturated heterocycles. The van der Waals surface area contributed by atoms with Crippen LogP contribution in [0, 0.1) is 11.8 Å². The van der Waals surface area contributed by atoms with Crippen molar-refractivity contribution < 1.29 is 57.2 Å². The number of benzene rings is 2. The van der Waals surface area contributed by atoms with Crippen molar-refractivity contribution in [1.82, 2.24) is 36.4 Å². The van der Waals surface area contributed by atoms with Gasteiger partial charge in [0, 0.05) is 39.1 Å². The molecule has 6 amide bonds. The van der Waals surface area contributed by atoms with Gasteiger partial charge in [-0.05, 0) is 55.6 Å². The van der Waals surface area contributed by atoms with E-state index in [9.17, 15) is 33.6 Å². The summed E-state index contributed by atoms with van der Waals surface area (Å²) in [6.07, 6.45) is 1.74. The maximum absolute atomic E-state index is 14.3. The average Bonchev–Trinajstić information content (AvgIpc) is 4.13. The maximum atomic E-state index is 14.3. The molecule has 73 heavy (non-hydrogen) atoms. The minimum Gasteiger partial charge on any atom is -0.379 e. The van der Waals surface area contributed by atoms with Crippen molar-refractivity contribution in [2.24, 2.45) is 11.8 Å². The van der Waals surface area contributed by atoms with Gasteiger partial charge in [-0.25, -0.2) is 0 Å². The van der Waals surface area contributed by atoms with Gasteiger partial charge in [0.2, 0.25) is 35.4 Å². The molecule has 0 saturated carbocycles. The van der Waals surface area contributed by atoms with E-state index in [1.165, 1.54) is 0 Å². The Morgan fingerprint density at radius 3 is 1.67 bits per heavy atom. The van der Waals surface area contributed by atoms with Gasteiger partial charge in [-0.3, -0.25) is 38.5 Å². The first kappa shape index (κ1) is 60.7. The molecule has 2 fully saturated rings. The quantitative estimate of drug-likeness (QED) is 0.0375. The standard InChI is InChI=1S/C53H80BrN7O12/c1-38(2)32-43(49(65)53(5)37-73-53)57-52(68)45(34-41-14-10-7-11-15-41)59-51(67)44(33-39(3)4)58-50(66)42(17-16-40-12-8-6-9-13-40)56-47(63)36-60-20-22-61(23-21-60)48(64)18-24-69-26-28-71-30-31-72-29-27-70-25-19-55-46(62)35-54/h6-15,38-39,42-45H,16-37H2,1-5H3,(H,55,62)(H,56,63)(H,57,68)(H,58,66)(H,59,67)/t42-,43-,44-,45-,53+/m0/s1. The van der Waals surface area contributed by atoms with Crippen LogP contribution in [-0.2, 0) is 70.1 Å². The number of ether oxygens (including phenoxy) is 5. The highest BCUT2D eigenvalue weighted by molar-refractivity contribution is 9.09. The smallest absolute Gasteiger partial charge is 0.243 e. The fraction of sp³-hybridized carbons (Fsp3) is 0.642. The van der Waals surface area contributed by atoms with Gasteiger partial charge in [0.25, 0.3) is 0 Å². The SMILES string of the molecule is CC(C)C[C@H](NC(=O)[C@H](CCc1ccccc1)NC(=O)CN1CCN(C(=O)CCOCCOCCOCCOCCNC(=O)CBr)CC1)C(=O)N[C@@H](Cc1ccccc1)C(=O)N[C@@H](CC(C)C)C(=O)[C@@]1(C)CO1. The van der Waals surface area contributed by atoms with Crippen molar-refractivity contribution >= 4 is 57.2 Å². The van der Waals surface area contributed by atoms with Crippen LogP contribution in [0.2, 0.25) is 0 Å². The van der Waals surface area contributed by atoms with Crippen molar-refractivity contribution in [3.05, 3.63) is 71.8 Å². The van der Waals surface area contributed by atoms with E-state index in [2.05, 4.69) is 42.5 Å². The Bertz CT molecular complexity index is 2000. The molecule has 0 bridgehead atoms. The summed E-state index contributed by atoms with van der Waals surface area (Å²) in [7, 11) is 0. The lowest BCUT2D eigenvalue weighted by Crippen LogP contribution is -2.59. The van der Waals surface area contributed by atoms with Gasteiger partial charge in [-0.2, -0.15) is 0 Å². The molecule has 0 aromatic heterocycles. The molecule has 4 rings (SSSR count). The number of Topliss-reactive ketones (excluding diaryl/α,β-unsaturated/α-hetero) is 1. The molecule has 19 nitrogen and oxygen atoms in total. The predicted molar refractivity (Wildman–Crippen MR) is 279 cm³/mol. The normalized spacial score (nSPS) is 17.3. The van der Waals surface area contributed by atoms with E-state index in [0.29, 0.717) is 91.8 Å². The third kappa shape index (κ3) is 23.9. The second-order valence-corrected chi connectivity index (χ2v) is 20.1. The third-order valence-electron chi connectivity index (χ3n) is 12.3. The average molecular weight is 1090 g/mol. The summed E-state index contributed by atoms with van der Waals surface area (Å²) in [4.78, 5) is 97.7. The van der Waals surface area contributed by atoms with Crippen molar-refractivity contribution in [1.29, 1.82) is 0 Å². The van der Waals surface area contributed by atoms with E-state index in [1.807, 2.05) is 93.3 Å². The number of carbonyl (C=O) groups excluding carboxylic acids is 7. The number of halogens is 1. The zero-order chi connectivity index (χ0) is 53.0. The summed E-state index contributed by atoms with van der Waals surface area (Å²) in [5, 5.41) is 14.6. The van der Waals surface area contributed by atoms with Crippen LogP contribution >= 0.6 is 15.9 Å². The lowest BCUT2D eigenvalue weighted by molar-refractivity contribution is -0.136. The topological polar surface area (TPSA) is 236 Å². The van der Waals surface area contributed by atoms with Gasteiger partial charge in [-0.15, -0.1) is 0 Å². The van der Waals surface area contributed by atoms with E-state index < -0.39 is 47.5 Å². The molecule has 0 unspecified atom stereocenters. The van der Waals surface area contributed by atoms with Crippen molar-refractivity contribution in [3.63, 3.8) is 0 Å². The molecule has 2 aliphatic rings. The van der Waals surface area contributed by atoms with E-state index in [4.69, 9.17) is 23.7 Å². The Morgan fingerprint density at radius 2 is 1.11 bits per heavy atom. The predicted octanol–water partition coefficient (Wildman–Crippen LogP) is 2.36. The monoisotopic (exact) mass is 1090 g/mol. The molecule has 5 N–H and O–H groups in total. The number of rotatable bonds is 36. The Hall–Kier alpha value is -4.83. The number of piperazine rings is 1. The van der Waals surface area contributed by atoms with Gasteiger partial charge in [0.15, 0.2) is 5.78 Å². The fourth-order valence-corrected chi connectivity index (χ4v) is 8.31. The zero-order valence-electron chi connectivity index (χ0n) is 43.5. The molecule has 406 valence electrons. The van der Waals surface area contributed by atoms with Crippen molar-refractivity contribution in [2.45, 2.75) is 103 Å². The number of hydrogen-bond acceptors (Lipinski definition) is 13. The lowest BCUT2D eigenvalue weighted by Gasteiger charge is -2.34. The van der Waals surface area contributed by atoms with Crippen LogP contribution in [0.25, 0.3) is 0 Å². The number of nitrogens with one attached hydrogen (secondary N) is 5. The first-order valence-corrected chi connectivity index (χ1v) is 26.8. The zero-order valence-corrected chi connectivity index (χ0v) is 45.1.